The third-order valence-corrected chi connectivity index (χ3v) is 3.33. The standard InChI is InChI=1S/C9H9NOS2/c11-2-1-7-3-9(13-4-7)8-5-12-6-10-8/h3-6,11H,1-2H2. The number of hydrogen-bond donors (Lipinski definition) is 1. The van der Waals surface area contributed by atoms with Crippen LogP contribution in [0.4, 0.5) is 0 Å². The predicted molar refractivity (Wildman–Crippen MR) is 56.2 cm³/mol. The minimum atomic E-state index is 0.216. The number of rotatable bonds is 3. The molecule has 2 aromatic rings. The molecule has 0 aromatic carbocycles. The Morgan fingerprint density at radius 2 is 2.31 bits per heavy atom. The molecule has 2 nitrogen and oxygen atoms in total. The third kappa shape index (κ3) is 1.96. The van der Waals surface area contributed by atoms with Crippen LogP contribution in [-0.4, -0.2) is 16.7 Å². The highest BCUT2D eigenvalue weighted by Gasteiger charge is 2.03. The van der Waals surface area contributed by atoms with E-state index in [0.717, 1.165) is 12.1 Å². The van der Waals surface area contributed by atoms with Crippen LogP contribution in [0.15, 0.2) is 22.3 Å². The Balaban J connectivity index is 2.23. The van der Waals surface area contributed by atoms with E-state index in [1.165, 1.54) is 10.4 Å². The molecule has 0 aliphatic rings. The van der Waals surface area contributed by atoms with E-state index >= 15 is 0 Å². The Kier molecular flexibility index (Phi) is 2.73. The van der Waals surface area contributed by atoms with E-state index in [-0.39, 0.29) is 6.61 Å². The topological polar surface area (TPSA) is 33.1 Å². The molecule has 0 bridgehead atoms. The summed E-state index contributed by atoms with van der Waals surface area (Å²) in [5.41, 5.74) is 4.07. The first kappa shape index (κ1) is 8.87. The van der Waals surface area contributed by atoms with Crippen molar-refractivity contribution in [1.29, 1.82) is 0 Å². The molecule has 0 amide bonds. The van der Waals surface area contributed by atoms with Crippen LogP contribution in [0.25, 0.3) is 10.6 Å². The highest BCUT2D eigenvalue weighted by molar-refractivity contribution is 7.14. The van der Waals surface area contributed by atoms with Crippen molar-refractivity contribution in [2.24, 2.45) is 0 Å². The van der Waals surface area contributed by atoms with Crippen LogP contribution in [0, 0.1) is 0 Å². The monoisotopic (exact) mass is 211 g/mol. The number of thiazole rings is 1. The first-order chi connectivity index (χ1) is 6.40. The van der Waals surface area contributed by atoms with Crippen LogP contribution in [0.5, 0.6) is 0 Å². The summed E-state index contributed by atoms with van der Waals surface area (Å²) in [6.07, 6.45) is 0.737. The van der Waals surface area contributed by atoms with Crippen molar-refractivity contribution >= 4 is 22.7 Å². The normalized spacial score (nSPS) is 10.5. The van der Waals surface area contributed by atoms with Gasteiger partial charge in [-0.25, -0.2) is 4.98 Å². The van der Waals surface area contributed by atoms with Gasteiger partial charge in [-0.1, -0.05) is 0 Å². The van der Waals surface area contributed by atoms with Gasteiger partial charge in [-0.15, -0.1) is 22.7 Å². The van der Waals surface area contributed by atoms with Crippen LogP contribution in [0.1, 0.15) is 5.56 Å². The molecule has 1 N–H and O–H groups in total. The number of aliphatic hydroxyl groups excluding tert-OH is 1. The highest BCUT2D eigenvalue weighted by atomic mass is 32.1. The van der Waals surface area contributed by atoms with Gasteiger partial charge in [-0.05, 0) is 23.4 Å². The molecule has 0 saturated heterocycles. The van der Waals surface area contributed by atoms with Gasteiger partial charge in [0.25, 0.3) is 0 Å². The quantitative estimate of drug-likeness (QED) is 0.845. The molecule has 4 heteroatoms. The molecule has 2 heterocycles. The second-order valence-corrected chi connectivity index (χ2v) is 4.30. The average Bonchev–Trinajstić information content (AvgIpc) is 2.70. The van der Waals surface area contributed by atoms with Crippen molar-refractivity contribution in [1.82, 2.24) is 4.98 Å². The van der Waals surface area contributed by atoms with Crippen molar-refractivity contribution in [3.63, 3.8) is 0 Å². The summed E-state index contributed by atoms with van der Waals surface area (Å²) in [4.78, 5) is 5.41. The molecule has 13 heavy (non-hydrogen) atoms. The van der Waals surface area contributed by atoms with Crippen LogP contribution in [0.3, 0.4) is 0 Å². The minimum Gasteiger partial charge on any atom is -0.396 e. The summed E-state index contributed by atoms with van der Waals surface area (Å²) in [6, 6.07) is 2.09. The summed E-state index contributed by atoms with van der Waals surface area (Å²) < 4.78 is 0. The smallest absolute Gasteiger partial charge is 0.0910 e. The molecule has 0 aliphatic heterocycles. The third-order valence-electron chi connectivity index (χ3n) is 1.74. The predicted octanol–water partition coefficient (Wildman–Crippen LogP) is 2.41. The maximum atomic E-state index is 8.75. The second-order valence-electron chi connectivity index (χ2n) is 2.67. The summed E-state index contributed by atoms with van der Waals surface area (Å²) in [5, 5.41) is 12.9. The molecule has 0 radical (unpaired) electrons. The molecule has 0 unspecified atom stereocenters. The first-order valence-electron chi connectivity index (χ1n) is 3.97. The lowest BCUT2D eigenvalue weighted by Crippen LogP contribution is -1.86. The fourth-order valence-electron chi connectivity index (χ4n) is 1.10. The minimum absolute atomic E-state index is 0.216. The molecule has 2 aromatic heterocycles. The number of hydrogen-bond acceptors (Lipinski definition) is 4. The molecule has 0 atom stereocenters. The van der Waals surface area contributed by atoms with Crippen molar-refractivity contribution in [3.05, 3.63) is 27.9 Å². The number of aliphatic hydroxyl groups is 1. The van der Waals surface area contributed by atoms with Crippen molar-refractivity contribution in [2.45, 2.75) is 6.42 Å². The van der Waals surface area contributed by atoms with E-state index in [1.54, 1.807) is 22.7 Å². The zero-order valence-electron chi connectivity index (χ0n) is 6.93. The first-order valence-corrected chi connectivity index (χ1v) is 5.79. The van der Waals surface area contributed by atoms with Gasteiger partial charge in [0.15, 0.2) is 0 Å². The summed E-state index contributed by atoms with van der Waals surface area (Å²) >= 11 is 3.28. The maximum absolute atomic E-state index is 8.75. The number of thiophene rings is 1. The van der Waals surface area contributed by atoms with Crippen LogP contribution in [0.2, 0.25) is 0 Å². The fourth-order valence-corrected chi connectivity index (χ4v) is 2.65. The van der Waals surface area contributed by atoms with E-state index in [1.807, 2.05) is 10.9 Å². The summed E-state index contributed by atoms with van der Waals surface area (Å²) in [7, 11) is 0. The van der Waals surface area contributed by atoms with Crippen LogP contribution >= 0.6 is 22.7 Å². The van der Waals surface area contributed by atoms with Gasteiger partial charge in [0.05, 0.1) is 16.1 Å². The van der Waals surface area contributed by atoms with Crippen molar-refractivity contribution < 1.29 is 5.11 Å². The van der Waals surface area contributed by atoms with Gasteiger partial charge in [0.1, 0.15) is 0 Å². The Bertz CT molecular complexity index is 367. The van der Waals surface area contributed by atoms with Gasteiger partial charge in [-0.2, -0.15) is 0 Å². The van der Waals surface area contributed by atoms with Gasteiger partial charge < -0.3 is 5.11 Å². The Morgan fingerprint density at radius 3 is 3.00 bits per heavy atom. The van der Waals surface area contributed by atoms with Crippen LogP contribution < -0.4 is 0 Å². The number of nitrogens with zero attached hydrogens (tertiary/aromatic N) is 1. The largest absolute Gasteiger partial charge is 0.396 e. The molecule has 2 rings (SSSR count). The summed E-state index contributed by atoms with van der Waals surface area (Å²) in [6.45, 7) is 0.216. The average molecular weight is 211 g/mol. The second kappa shape index (κ2) is 4.00. The molecule has 68 valence electrons. The van der Waals surface area contributed by atoms with E-state index < -0.39 is 0 Å². The Morgan fingerprint density at radius 1 is 1.38 bits per heavy atom. The molecule has 0 aliphatic carbocycles. The fraction of sp³-hybridized carbons (Fsp3) is 0.222. The Hall–Kier alpha value is -0.710. The lowest BCUT2D eigenvalue weighted by Gasteiger charge is -1.88. The van der Waals surface area contributed by atoms with Gasteiger partial charge in [0.2, 0.25) is 0 Å². The van der Waals surface area contributed by atoms with Gasteiger partial charge in [0, 0.05) is 12.0 Å². The SMILES string of the molecule is OCCc1csc(-c2cscn2)c1. The molecule has 0 fully saturated rings. The Labute approximate surface area is 84.5 Å². The van der Waals surface area contributed by atoms with Crippen molar-refractivity contribution in [2.75, 3.05) is 6.61 Å². The van der Waals surface area contributed by atoms with Crippen LogP contribution in [-0.2, 0) is 6.42 Å². The van der Waals surface area contributed by atoms with E-state index in [0.29, 0.717) is 0 Å². The highest BCUT2D eigenvalue weighted by Crippen LogP contribution is 2.26. The van der Waals surface area contributed by atoms with E-state index in [2.05, 4.69) is 16.4 Å². The van der Waals surface area contributed by atoms with Gasteiger partial charge in [-0.3, -0.25) is 0 Å². The maximum Gasteiger partial charge on any atom is 0.0910 e. The number of aromatic nitrogens is 1. The van der Waals surface area contributed by atoms with Gasteiger partial charge >= 0.3 is 0 Å². The zero-order chi connectivity index (χ0) is 9.10. The molecular weight excluding hydrogens is 202 g/mol. The molecule has 0 spiro atoms. The molecule has 0 saturated carbocycles. The lowest BCUT2D eigenvalue weighted by atomic mass is 10.2. The van der Waals surface area contributed by atoms with E-state index in [4.69, 9.17) is 5.11 Å². The van der Waals surface area contributed by atoms with Crippen molar-refractivity contribution in [3.8, 4) is 10.6 Å². The zero-order valence-corrected chi connectivity index (χ0v) is 8.57. The lowest BCUT2D eigenvalue weighted by molar-refractivity contribution is 0.300. The molecular formula is C9H9NOS2. The summed E-state index contributed by atoms with van der Waals surface area (Å²) in [5.74, 6) is 0. The van der Waals surface area contributed by atoms with E-state index in [9.17, 15) is 0 Å².